The van der Waals surface area contributed by atoms with Crippen molar-refractivity contribution in [1.29, 1.82) is 0 Å². The van der Waals surface area contributed by atoms with Crippen LogP contribution in [0.5, 0.6) is 0 Å². The molecule has 6 nitrogen and oxygen atoms in total. The van der Waals surface area contributed by atoms with Crippen molar-refractivity contribution in [2.45, 2.75) is 12.2 Å². The third kappa shape index (κ3) is 1.46. The molecule has 0 aliphatic carbocycles. The van der Waals surface area contributed by atoms with Gasteiger partial charge in [0.2, 0.25) is 0 Å². The van der Waals surface area contributed by atoms with Gasteiger partial charge in [-0.15, -0.1) is 5.10 Å². The number of aliphatic hydroxyl groups is 1. The summed E-state index contributed by atoms with van der Waals surface area (Å²) in [6, 6.07) is 0. The van der Waals surface area contributed by atoms with E-state index in [1.54, 1.807) is 18.0 Å². The Labute approximate surface area is 82.1 Å². The molecule has 14 heavy (non-hydrogen) atoms. The Bertz CT molecular complexity index is 314. The summed E-state index contributed by atoms with van der Waals surface area (Å²) in [5.41, 5.74) is 0. The first kappa shape index (κ1) is 9.42. The first-order valence-corrected chi connectivity index (χ1v) is 4.53. The highest BCUT2D eigenvalue weighted by Crippen LogP contribution is 2.19. The predicted molar refractivity (Wildman–Crippen MR) is 50.0 cm³/mol. The molecule has 0 spiro atoms. The number of aromatic nitrogens is 3. The fraction of sp³-hybridized carbons (Fsp3) is 0.750. The molecule has 6 heteroatoms. The number of rotatable bonds is 2. The summed E-state index contributed by atoms with van der Waals surface area (Å²) in [6.45, 7) is 1.25. The lowest BCUT2D eigenvalue weighted by Crippen LogP contribution is -2.25. The van der Waals surface area contributed by atoms with Gasteiger partial charge in [-0.05, 0) is 0 Å². The smallest absolute Gasteiger partial charge is 0.147 e. The Morgan fingerprint density at radius 2 is 2.36 bits per heavy atom. The molecule has 1 aliphatic heterocycles. The van der Waals surface area contributed by atoms with Crippen LogP contribution in [0.15, 0.2) is 6.20 Å². The number of anilines is 1. The molecule has 0 radical (unpaired) electrons. The Morgan fingerprint density at radius 1 is 1.57 bits per heavy atom. The number of hydrogen-bond donors (Lipinski definition) is 1. The van der Waals surface area contributed by atoms with Crippen LogP contribution in [0.4, 0.5) is 5.82 Å². The SMILES string of the molecule is CO[C@@H]1CN(c2cnnn2C)C[C@H]1O. The molecule has 1 aliphatic rings. The van der Waals surface area contributed by atoms with E-state index in [2.05, 4.69) is 10.3 Å². The minimum atomic E-state index is -0.435. The second-order valence-electron chi connectivity index (χ2n) is 3.46. The number of hydrogen-bond acceptors (Lipinski definition) is 5. The molecule has 2 atom stereocenters. The van der Waals surface area contributed by atoms with Crippen molar-refractivity contribution in [3.05, 3.63) is 6.20 Å². The largest absolute Gasteiger partial charge is 0.388 e. The lowest BCUT2D eigenvalue weighted by atomic mass is 10.3. The van der Waals surface area contributed by atoms with Crippen LogP contribution in [-0.4, -0.2) is 52.5 Å². The summed E-state index contributed by atoms with van der Waals surface area (Å²) in [5.74, 6) is 0.906. The van der Waals surface area contributed by atoms with E-state index in [1.165, 1.54) is 0 Å². The molecule has 1 aromatic rings. The van der Waals surface area contributed by atoms with Gasteiger partial charge >= 0.3 is 0 Å². The van der Waals surface area contributed by atoms with Crippen LogP contribution in [0.25, 0.3) is 0 Å². The number of nitrogens with zero attached hydrogens (tertiary/aromatic N) is 4. The summed E-state index contributed by atoms with van der Waals surface area (Å²) >= 11 is 0. The minimum Gasteiger partial charge on any atom is -0.388 e. The number of aliphatic hydroxyl groups excluding tert-OH is 1. The molecule has 0 saturated carbocycles. The average Bonchev–Trinajstić information content (AvgIpc) is 2.71. The Morgan fingerprint density at radius 3 is 2.86 bits per heavy atom. The van der Waals surface area contributed by atoms with Crippen LogP contribution < -0.4 is 4.90 Å². The lowest BCUT2D eigenvalue weighted by Gasteiger charge is -2.16. The van der Waals surface area contributed by atoms with Crippen molar-refractivity contribution >= 4 is 5.82 Å². The maximum atomic E-state index is 9.63. The van der Waals surface area contributed by atoms with E-state index in [0.29, 0.717) is 13.1 Å². The van der Waals surface area contributed by atoms with Crippen LogP contribution in [0, 0.1) is 0 Å². The van der Waals surface area contributed by atoms with E-state index >= 15 is 0 Å². The topological polar surface area (TPSA) is 63.4 Å². The number of methoxy groups -OCH3 is 1. The molecular weight excluding hydrogens is 184 g/mol. The molecule has 0 bridgehead atoms. The van der Waals surface area contributed by atoms with Crippen molar-refractivity contribution in [1.82, 2.24) is 15.0 Å². The number of ether oxygens (including phenoxy) is 1. The van der Waals surface area contributed by atoms with Gasteiger partial charge in [-0.1, -0.05) is 5.21 Å². The van der Waals surface area contributed by atoms with Gasteiger partial charge in [0.25, 0.3) is 0 Å². The van der Waals surface area contributed by atoms with Gasteiger partial charge < -0.3 is 14.7 Å². The molecule has 1 fully saturated rings. The van der Waals surface area contributed by atoms with Crippen molar-refractivity contribution in [2.24, 2.45) is 7.05 Å². The predicted octanol–water partition coefficient (Wildman–Crippen LogP) is -0.989. The van der Waals surface area contributed by atoms with Crippen molar-refractivity contribution in [3.63, 3.8) is 0 Å². The fourth-order valence-corrected chi connectivity index (χ4v) is 1.75. The molecule has 0 unspecified atom stereocenters. The van der Waals surface area contributed by atoms with E-state index in [4.69, 9.17) is 4.74 Å². The molecule has 78 valence electrons. The molecule has 1 N–H and O–H groups in total. The third-order valence-electron chi connectivity index (χ3n) is 2.55. The van der Waals surface area contributed by atoms with E-state index in [9.17, 15) is 5.11 Å². The molecule has 2 rings (SSSR count). The Balaban J connectivity index is 2.12. The second-order valence-corrected chi connectivity index (χ2v) is 3.46. The van der Waals surface area contributed by atoms with E-state index in [0.717, 1.165) is 5.82 Å². The summed E-state index contributed by atoms with van der Waals surface area (Å²) in [6.07, 6.45) is 1.13. The van der Waals surface area contributed by atoms with Crippen molar-refractivity contribution in [3.8, 4) is 0 Å². The Hall–Kier alpha value is -1.14. The lowest BCUT2D eigenvalue weighted by molar-refractivity contribution is 0.0217. The Kier molecular flexibility index (Phi) is 2.39. The van der Waals surface area contributed by atoms with Gasteiger partial charge in [0.1, 0.15) is 11.9 Å². The number of aryl methyl sites for hydroxylation is 1. The summed E-state index contributed by atoms with van der Waals surface area (Å²) < 4.78 is 6.84. The van der Waals surface area contributed by atoms with Gasteiger partial charge in [-0.2, -0.15) is 0 Å². The van der Waals surface area contributed by atoms with Crippen molar-refractivity contribution in [2.75, 3.05) is 25.1 Å². The molecule has 2 heterocycles. The first-order chi connectivity index (χ1) is 6.72. The van der Waals surface area contributed by atoms with Crippen LogP contribution in [0.2, 0.25) is 0 Å². The normalized spacial score (nSPS) is 27.2. The van der Waals surface area contributed by atoms with Crippen LogP contribution in [0.3, 0.4) is 0 Å². The highest BCUT2D eigenvalue weighted by atomic mass is 16.5. The van der Waals surface area contributed by atoms with E-state index in [1.807, 2.05) is 11.9 Å². The van der Waals surface area contributed by atoms with Gasteiger partial charge in [0, 0.05) is 27.2 Å². The molecule has 1 saturated heterocycles. The van der Waals surface area contributed by atoms with Gasteiger partial charge in [-0.25, -0.2) is 4.68 Å². The molecular formula is C8H14N4O2. The highest BCUT2D eigenvalue weighted by molar-refractivity contribution is 5.38. The summed E-state index contributed by atoms with van der Waals surface area (Å²) in [4.78, 5) is 2.01. The maximum absolute atomic E-state index is 9.63. The maximum Gasteiger partial charge on any atom is 0.147 e. The van der Waals surface area contributed by atoms with Gasteiger partial charge in [-0.3, -0.25) is 0 Å². The summed E-state index contributed by atoms with van der Waals surface area (Å²) in [7, 11) is 3.44. The van der Waals surface area contributed by atoms with Gasteiger partial charge in [0.15, 0.2) is 0 Å². The standard InChI is InChI=1S/C8H14N4O2/c1-11-8(3-9-10-11)12-4-6(13)7(5-12)14-2/h3,6-7,13H,4-5H2,1-2H3/t6-,7-/m1/s1. The van der Waals surface area contributed by atoms with Crippen LogP contribution in [-0.2, 0) is 11.8 Å². The van der Waals surface area contributed by atoms with E-state index in [-0.39, 0.29) is 6.10 Å². The second kappa shape index (κ2) is 3.55. The average molecular weight is 198 g/mol. The zero-order valence-electron chi connectivity index (χ0n) is 8.29. The highest BCUT2D eigenvalue weighted by Gasteiger charge is 2.32. The fourth-order valence-electron chi connectivity index (χ4n) is 1.75. The van der Waals surface area contributed by atoms with Crippen LogP contribution in [0.1, 0.15) is 0 Å². The van der Waals surface area contributed by atoms with Crippen LogP contribution >= 0.6 is 0 Å². The van der Waals surface area contributed by atoms with E-state index < -0.39 is 6.10 Å². The molecule has 0 aromatic carbocycles. The zero-order chi connectivity index (χ0) is 10.1. The summed E-state index contributed by atoms with van der Waals surface area (Å²) in [5, 5.41) is 17.3. The van der Waals surface area contributed by atoms with Gasteiger partial charge in [0.05, 0.1) is 12.3 Å². The zero-order valence-corrected chi connectivity index (χ0v) is 8.29. The number of β-amino-alcohol motifs (C(OH)–C–C–N with tert-alkyl or cyclic N) is 1. The quantitative estimate of drug-likeness (QED) is 0.661. The minimum absolute atomic E-state index is 0.120. The first-order valence-electron chi connectivity index (χ1n) is 4.53. The third-order valence-corrected chi connectivity index (χ3v) is 2.55. The molecule has 1 aromatic heterocycles. The monoisotopic (exact) mass is 198 g/mol. The molecule has 0 amide bonds. The van der Waals surface area contributed by atoms with Crippen molar-refractivity contribution < 1.29 is 9.84 Å².